The van der Waals surface area contributed by atoms with Gasteiger partial charge in [-0.25, -0.2) is 9.69 Å². The molecule has 1 aliphatic heterocycles. The highest BCUT2D eigenvalue weighted by molar-refractivity contribution is 6.45. The van der Waals surface area contributed by atoms with Crippen LogP contribution in [0, 0.1) is 0 Å². The predicted molar refractivity (Wildman–Crippen MR) is 61.9 cm³/mol. The van der Waals surface area contributed by atoms with Gasteiger partial charge in [-0.15, -0.1) is 0 Å². The van der Waals surface area contributed by atoms with Crippen LogP contribution in [0.4, 0.5) is 10.5 Å². The summed E-state index contributed by atoms with van der Waals surface area (Å²) in [5.41, 5.74) is 1.74. The first-order valence-electron chi connectivity index (χ1n) is 5.11. The van der Waals surface area contributed by atoms with E-state index in [4.69, 9.17) is 0 Å². The van der Waals surface area contributed by atoms with Crippen LogP contribution in [0.1, 0.15) is 25.3 Å². The first-order chi connectivity index (χ1) is 7.59. The number of anilines is 1. The fraction of sp³-hybridized carbons (Fsp3) is 0.250. The molecule has 0 saturated heterocycles. The molecule has 1 aromatic carbocycles. The highest BCUT2D eigenvalue weighted by atomic mass is 16.2. The molecule has 82 valence electrons. The zero-order valence-corrected chi connectivity index (χ0v) is 9.18. The third kappa shape index (κ3) is 1.74. The molecule has 0 aliphatic carbocycles. The van der Waals surface area contributed by atoms with Crippen LogP contribution in [0.2, 0.25) is 0 Å². The molecule has 0 spiro atoms. The minimum Gasteiger partial charge on any atom is -0.267 e. The van der Waals surface area contributed by atoms with Crippen LogP contribution in [0.15, 0.2) is 29.3 Å². The van der Waals surface area contributed by atoms with Gasteiger partial charge in [-0.1, -0.05) is 26.0 Å². The van der Waals surface area contributed by atoms with E-state index in [0.29, 0.717) is 11.6 Å². The zero-order chi connectivity index (χ0) is 11.7. The summed E-state index contributed by atoms with van der Waals surface area (Å²) >= 11 is 0. The second-order valence-corrected chi connectivity index (χ2v) is 3.96. The molecule has 0 fully saturated rings. The first kappa shape index (κ1) is 10.5. The SMILES string of the molecule is CC(C)c1ccc(N2C(=O)C=NC2=O)cc1. The molecule has 2 rings (SSSR count). The molecule has 0 radical (unpaired) electrons. The van der Waals surface area contributed by atoms with Crippen molar-refractivity contribution in [3.05, 3.63) is 29.8 Å². The molecular weight excluding hydrogens is 204 g/mol. The second-order valence-electron chi connectivity index (χ2n) is 3.96. The van der Waals surface area contributed by atoms with Crippen molar-refractivity contribution < 1.29 is 9.59 Å². The van der Waals surface area contributed by atoms with Gasteiger partial charge >= 0.3 is 6.03 Å². The van der Waals surface area contributed by atoms with Gasteiger partial charge in [0.05, 0.1) is 11.9 Å². The first-order valence-corrected chi connectivity index (χ1v) is 5.11. The Morgan fingerprint density at radius 3 is 2.19 bits per heavy atom. The van der Waals surface area contributed by atoms with Gasteiger partial charge in [0.15, 0.2) is 0 Å². The fourth-order valence-corrected chi connectivity index (χ4v) is 1.57. The molecule has 0 atom stereocenters. The summed E-state index contributed by atoms with van der Waals surface area (Å²) < 4.78 is 0. The molecule has 0 aromatic heterocycles. The quantitative estimate of drug-likeness (QED) is 0.761. The van der Waals surface area contributed by atoms with Gasteiger partial charge < -0.3 is 0 Å². The third-order valence-electron chi connectivity index (χ3n) is 2.52. The number of amides is 3. The van der Waals surface area contributed by atoms with Crippen LogP contribution >= 0.6 is 0 Å². The number of hydrogen-bond donors (Lipinski definition) is 0. The van der Waals surface area contributed by atoms with E-state index in [2.05, 4.69) is 18.8 Å². The van der Waals surface area contributed by atoms with Crippen LogP contribution < -0.4 is 4.90 Å². The molecule has 3 amide bonds. The molecule has 4 nitrogen and oxygen atoms in total. The topological polar surface area (TPSA) is 49.7 Å². The maximum Gasteiger partial charge on any atom is 0.355 e. The van der Waals surface area contributed by atoms with E-state index in [9.17, 15) is 9.59 Å². The van der Waals surface area contributed by atoms with Crippen LogP contribution in [-0.4, -0.2) is 18.2 Å². The van der Waals surface area contributed by atoms with Crippen molar-refractivity contribution in [2.75, 3.05) is 4.90 Å². The third-order valence-corrected chi connectivity index (χ3v) is 2.52. The molecule has 1 aliphatic rings. The lowest BCUT2D eigenvalue weighted by molar-refractivity contribution is -0.111. The summed E-state index contributed by atoms with van der Waals surface area (Å²) in [6.07, 6.45) is 1.04. The van der Waals surface area contributed by atoms with Crippen molar-refractivity contribution in [3.63, 3.8) is 0 Å². The van der Waals surface area contributed by atoms with Crippen molar-refractivity contribution in [1.82, 2.24) is 0 Å². The number of hydrogen-bond acceptors (Lipinski definition) is 2. The number of rotatable bonds is 2. The maximum atomic E-state index is 11.4. The average molecular weight is 216 g/mol. The van der Waals surface area contributed by atoms with Gasteiger partial charge in [-0.05, 0) is 23.6 Å². The lowest BCUT2D eigenvalue weighted by atomic mass is 10.0. The fourth-order valence-electron chi connectivity index (χ4n) is 1.57. The summed E-state index contributed by atoms with van der Waals surface area (Å²) in [6, 6.07) is 6.83. The molecule has 16 heavy (non-hydrogen) atoms. The number of benzene rings is 1. The standard InChI is InChI=1S/C12H12N2O2/c1-8(2)9-3-5-10(6-4-9)14-11(15)7-13-12(14)16/h3-8H,1-2H3. The maximum absolute atomic E-state index is 11.4. The van der Waals surface area contributed by atoms with E-state index in [0.717, 1.165) is 11.1 Å². The van der Waals surface area contributed by atoms with Gasteiger partial charge in [0.1, 0.15) is 0 Å². The minimum atomic E-state index is -0.526. The number of urea groups is 1. The van der Waals surface area contributed by atoms with Gasteiger partial charge in [0, 0.05) is 0 Å². The number of aliphatic imine (C=N–C) groups is 1. The van der Waals surface area contributed by atoms with Crippen molar-refractivity contribution in [2.24, 2.45) is 4.99 Å². The molecule has 0 bridgehead atoms. The van der Waals surface area contributed by atoms with Crippen molar-refractivity contribution in [1.29, 1.82) is 0 Å². The van der Waals surface area contributed by atoms with Gasteiger partial charge in [0.25, 0.3) is 5.91 Å². The van der Waals surface area contributed by atoms with Gasteiger partial charge in [0.2, 0.25) is 0 Å². The average Bonchev–Trinajstić information content (AvgIpc) is 2.59. The van der Waals surface area contributed by atoms with Crippen LogP contribution in [0.5, 0.6) is 0 Å². The Balaban J connectivity index is 2.29. The molecule has 1 heterocycles. The molecule has 0 N–H and O–H groups in total. The summed E-state index contributed by atoms with van der Waals surface area (Å²) in [5.74, 6) is 0.0394. The Bertz CT molecular complexity index is 442. The zero-order valence-electron chi connectivity index (χ0n) is 9.18. The molecule has 4 heteroatoms. The van der Waals surface area contributed by atoms with Crippen molar-refractivity contribution >= 4 is 23.8 Å². The van der Waals surface area contributed by atoms with E-state index in [-0.39, 0.29) is 5.91 Å². The van der Waals surface area contributed by atoms with Gasteiger partial charge in [-0.2, -0.15) is 4.99 Å². The van der Waals surface area contributed by atoms with Crippen LogP contribution in [-0.2, 0) is 4.79 Å². The number of nitrogens with zero attached hydrogens (tertiary/aromatic N) is 2. The van der Waals surface area contributed by atoms with Crippen molar-refractivity contribution in [3.8, 4) is 0 Å². The molecule has 1 aromatic rings. The predicted octanol–water partition coefficient (Wildman–Crippen LogP) is 2.35. The summed E-state index contributed by atoms with van der Waals surface area (Å²) in [7, 11) is 0. The molecular formula is C12H12N2O2. The smallest absolute Gasteiger partial charge is 0.267 e. The lowest BCUT2D eigenvalue weighted by Gasteiger charge is -2.13. The highest BCUT2D eigenvalue weighted by Crippen LogP contribution is 2.21. The Morgan fingerprint density at radius 2 is 1.75 bits per heavy atom. The normalized spacial score (nSPS) is 15.3. The van der Waals surface area contributed by atoms with E-state index in [1.807, 2.05) is 12.1 Å². The lowest BCUT2D eigenvalue weighted by Crippen LogP contribution is -2.29. The highest BCUT2D eigenvalue weighted by Gasteiger charge is 2.26. The number of carbonyl (C=O) groups excluding carboxylic acids is 2. The number of imide groups is 1. The number of carbonyl (C=O) groups is 2. The summed E-state index contributed by atoms with van der Waals surface area (Å²) in [4.78, 5) is 27.2. The van der Waals surface area contributed by atoms with E-state index >= 15 is 0 Å². The largest absolute Gasteiger partial charge is 0.355 e. The Morgan fingerprint density at radius 1 is 1.12 bits per heavy atom. The van der Waals surface area contributed by atoms with Crippen LogP contribution in [0.25, 0.3) is 0 Å². The summed E-state index contributed by atoms with van der Waals surface area (Å²) in [5, 5.41) is 0. The monoisotopic (exact) mass is 216 g/mol. The van der Waals surface area contributed by atoms with Crippen LogP contribution in [0.3, 0.4) is 0 Å². The Labute approximate surface area is 93.6 Å². The minimum absolute atomic E-state index is 0.387. The molecule has 0 saturated carbocycles. The van der Waals surface area contributed by atoms with E-state index in [1.165, 1.54) is 5.56 Å². The Kier molecular flexibility index (Phi) is 2.56. The summed E-state index contributed by atoms with van der Waals surface area (Å²) in [6.45, 7) is 4.18. The Hall–Kier alpha value is -1.97. The van der Waals surface area contributed by atoms with Gasteiger partial charge in [-0.3, -0.25) is 4.79 Å². The van der Waals surface area contributed by atoms with Crippen molar-refractivity contribution in [2.45, 2.75) is 19.8 Å². The second kappa shape index (κ2) is 3.89. The van der Waals surface area contributed by atoms with E-state index < -0.39 is 6.03 Å². The van der Waals surface area contributed by atoms with E-state index in [1.54, 1.807) is 12.1 Å². The molecule has 0 unspecified atom stereocenters.